The number of anilines is 2. The molecule has 0 aromatic heterocycles. The summed E-state index contributed by atoms with van der Waals surface area (Å²) in [4.78, 5) is 0. The molecule has 0 aliphatic heterocycles. The first kappa shape index (κ1) is 12.8. The van der Waals surface area contributed by atoms with E-state index < -0.39 is 6.10 Å². The third-order valence-corrected chi connectivity index (χ3v) is 2.70. The molecule has 1 unspecified atom stereocenters. The maximum absolute atomic E-state index is 9.33. The van der Waals surface area contributed by atoms with E-state index in [1.165, 1.54) is 0 Å². The maximum Gasteiger partial charge on any atom is 0.0662 e. The van der Waals surface area contributed by atoms with Gasteiger partial charge in [-0.25, -0.2) is 0 Å². The first-order valence-electron chi connectivity index (χ1n) is 5.57. The van der Waals surface area contributed by atoms with Crippen LogP contribution >= 0.6 is 0 Å². The molecule has 1 aromatic carbocycles. The Morgan fingerprint density at radius 3 is 2.31 bits per heavy atom. The summed E-state index contributed by atoms with van der Waals surface area (Å²) in [5.41, 5.74) is 20.7. The molecule has 7 N–H and O–H groups in total. The van der Waals surface area contributed by atoms with Crippen LogP contribution in [0.5, 0.6) is 0 Å². The van der Waals surface area contributed by atoms with Gasteiger partial charge < -0.3 is 22.3 Å². The van der Waals surface area contributed by atoms with E-state index >= 15 is 0 Å². The van der Waals surface area contributed by atoms with Gasteiger partial charge in [0.05, 0.1) is 6.10 Å². The van der Waals surface area contributed by atoms with Gasteiger partial charge in [-0.15, -0.1) is 0 Å². The van der Waals surface area contributed by atoms with E-state index in [2.05, 4.69) is 0 Å². The molecule has 0 aliphatic rings. The van der Waals surface area contributed by atoms with E-state index in [0.717, 1.165) is 35.3 Å². The number of hydrogen-bond donors (Lipinski definition) is 4. The van der Waals surface area contributed by atoms with Crippen molar-refractivity contribution in [2.24, 2.45) is 5.73 Å². The summed E-state index contributed by atoms with van der Waals surface area (Å²) >= 11 is 0. The summed E-state index contributed by atoms with van der Waals surface area (Å²) in [5, 5.41) is 9.33. The largest absolute Gasteiger partial charge is 0.398 e. The number of benzene rings is 1. The third-order valence-electron chi connectivity index (χ3n) is 2.70. The smallest absolute Gasteiger partial charge is 0.0662 e. The summed E-state index contributed by atoms with van der Waals surface area (Å²) < 4.78 is 0. The van der Waals surface area contributed by atoms with Crippen LogP contribution < -0.4 is 17.2 Å². The summed E-state index contributed by atoms with van der Waals surface area (Å²) in [7, 11) is 0. The SMILES string of the molecule is Cc1cc(N)c(CCCC(O)CN)c(N)c1. The first-order valence-corrected chi connectivity index (χ1v) is 5.57. The van der Waals surface area contributed by atoms with Crippen LogP contribution in [-0.2, 0) is 6.42 Å². The topological polar surface area (TPSA) is 98.3 Å². The predicted octanol–water partition coefficient (Wildman–Crippen LogP) is 0.802. The summed E-state index contributed by atoms with van der Waals surface area (Å²) in [6, 6.07) is 3.84. The van der Waals surface area contributed by atoms with Crippen molar-refractivity contribution < 1.29 is 5.11 Å². The highest BCUT2D eigenvalue weighted by atomic mass is 16.3. The lowest BCUT2D eigenvalue weighted by Gasteiger charge is -2.12. The monoisotopic (exact) mass is 223 g/mol. The van der Waals surface area contributed by atoms with Crippen LogP contribution in [0.4, 0.5) is 11.4 Å². The zero-order chi connectivity index (χ0) is 12.1. The molecule has 4 heteroatoms. The fraction of sp³-hybridized carbons (Fsp3) is 0.500. The number of aliphatic hydroxyl groups is 1. The van der Waals surface area contributed by atoms with Gasteiger partial charge in [-0.1, -0.05) is 0 Å². The van der Waals surface area contributed by atoms with E-state index in [-0.39, 0.29) is 0 Å². The van der Waals surface area contributed by atoms with E-state index in [1.807, 2.05) is 19.1 Å². The highest BCUT2D eigenvalue weighted by Crippen LogP contribution is 2.23. The van der Waals surface area contributed by atoms with Gasteiger partial charge in [0.15, 0.2) is 0 Å². The standard InChI is InChI=1S/C12H21N3O/c1-8-5-11(14)10(12(15)6-8)4-2-3-9(16)7-13/h5-6,9,16H,2-4,7,13-15H2,1H3. The first-order chi connectivity index (χ1) is 7.54. The van der Waals surface area contributed by atoms with E-state index in [0.29, 0.717) is 13.0 Å². The Morgan fingerprint density at radius 2 is 1.81 bits per heavy atom. The molecule has 90 valence electrons. The molecule has 1 aromatic rings. The molecule has 0 aliphatic carbocycles. The van der Waals surface area contributed by atoms with E-state index in [4.69, 9.17) is 17.2 Å². The number of nitrogens with two attached hydrogens (primary N) is 3. The van der Waals surface area contributed by atoms with Crippen LogP contribution in [0.2, 0.25) is 0 Å². The van der Waals surface area contributed by atoms with Crippen LogP contribution in [0.3, 0.4) is 0 Å². The third kappa shape index (κ3) is 3.40. The zero-order valence-electron chi connectivity index (χ0n) is 9.74. The van der Waals surface area contributed by atoms with Crippen LogP contribution in [0.15, 0.2) is 12.1 Å². The van der Waals surface area contributed by atoms with Crippen molar-refractivity contribution in [1.82, 2.24) is 0 Å². The zero-order valence-corrected chi connectivity index (χ0v) is 9.74. The van der Waals surface area contributed by atoms with Gasteiger partial charge in [-0.2, -0.15) is 0 Å². The summed E-state index contributed by atoms with van der Waals surface area (Å²) in [6.45, 7) is 2.27. The summed E-state index contributed by atoms with van der Waals surface area (Å²) in [6.07, 6.45) is 1.89. The normalized spacial score (nSPS) is 12.7. The molecule has 0 radical (unpaired) electrons. The molecule has 0 saturated carbocycles. The van der Waals surface area contributed by atoms with Crippen molar-refractivity contribution in [2.45, 2.75) is 32.3 Å². The molecule has 0 heterocycles. The van der Waals surface area contributed by atoms with Gasteiger partial charge in [-0.3, -0.25) is 0 Å². The molecule has 0 saturated heterocycles. The van der Waals surface area contributed by atoms with Gasteiger partial charge in [0.25, 0.3) is 0 Å². The molecule has 0 amide bonds. The van der Waals surface area contributed by atoms with Crippen molar-refractivity contribution >= 4 is 11.4 Å². The Morgan fingerprint density at radius 1 is 1.25 bits per heavy atom. The molecular weight excluding hydrogens is 202 g/mol. The van der Waals surface area contributed by atoms with Gasteiger partial charge >= 0.3 is 0 Å². The lowest BCUT2D eigenvalue weighted by atomic mass is 10.0. The Balaban J connectivity index is 2.60. The molecular formula is C12H21N3O. The van der Waals surface area contributed by atoms with Crippen LogP contribution in [0.25, 0.3) is 0 Å². The quantitative estimate of drug-likeness (QED) is 0.555. The van der Waals surface area contributed by atoms with Gasteiger partial charge in [-0.05, 0) is 49.4 Å². The highest BCUT2D eigenvalue weighted by Gasteiger charge is 2.07. The molecule has 0 spiro atoms. The molecule has 1 rings (SSSR count). The van der Waals surface area contributed by atoms with Gasteiger partial charge in [0.2, 0.25) is 0 Å². The predicted molar refractivity (Wildman–Crippen MR) is 68.0 cm³/mol. The van der Waals surface area contributed by atoms with Gasteiger partial charge in [0, 0.05) is 17.9 Å². The van der Waals surface area contributed by atoms with Crippen molar-refractivity contribution in [1.29, 1.82) is 0 Å². The second-order valence-electron chi connectivity index (χ2n) is 4.20. The minimum atomic E-state index is -0.423. The average molecular weight is 223 g/mol. The second kappa shape index (κ2) is 5.72. The van der Waals surface area contributed by atoms with Crippen molar-refractivity contribution in [3.63, 3.8) is 0 Å². The lowest BCUT2D eigenvalue weighted by molar-refractivity contribution is 0.170. The Labute approximate surface area is 96.4 Å². The molecule has 0 fully saturated rings. The Bertz CT molecular complexity index is 329. The number of rotatable bonds is 5. The van der Waals surface area contributed by atoms with Crippen molar-refractivity contribution in [2.75, 3.05) is 18.0 Å². The number of nitrogen functional groups attached to an aromatic ring is 2. The minimum absolute atomic E-state index is 0.304. The second-order valence-corrected chi connectivity index (χ2v) is 4.20. The molecule has 16 heavy (non-hydrogen) atoms. The molecule has 4 nitrogen and oxygen atoms in total. The van der Waals surface area contributed by atoms with Crippen LogP contribution in [0, 0.1) is 6.92 Å². The van der Waals surface area contributed by atoms with Crippen LogP contribution in [-0.4, -0.2) is 17.8 Å². The fourth-order valence-corrected chi connectivity index (χ4v) is 1.79. The van der Waals surface area contributed by atoms with Crippen molar-refractivity contribution in [3.8, 4) is 0 Å². The number of aryl methyl sites for hydroxylation is 1. The van der Waals surface area contributed by atoms with Crippen molar-refractivity contribution in [3.05, 3.63) is 23.3 Å². The minimum Gasteiger partial charge on any atom is -0.398 e. The highest BCUT2D eigenvalue weighted by molar-refractivity contribution is 5.63. The number of aliphatic hydroxyl groups excluding tert-OH is 1. The maximum atomic E-state index is 9.33. The summed E-state index contributed by atoms with van der Waals surface area (Å²) in [5.74, 6) is 0. The average Bonchev–Trinajstić information content (AvgIpc) is 2.21. The van der Waals surface area contributed by atoms with E-state index in [9.17, 15) is 5.11 Å². The Kier molecular flexibility index (Phi) is 4.58. The van der Waals surface area contributed by atoms with E-state index in [1.54, 1.807) is 0 Å². The molecule has 1 atom stereocenters. The van der Waals surface area contributed by atoms with Crippen LogP contribution in [0.1, 0.15) is 24.0 Å². The fourth-order valence-electron chi connectivity index (χ4n) is 1.79. The molecule has 0 bridgehead atoms. The number of hydrogen-bond acceptors (Lipinski definition) is 4. The Hall–Kier alpha value is -1.26. The van der Waals surface area contributed by atoms with Gasteiger partial charge in [0.1, 0.15) is 0 Å². The lowest BCUT2D eigenvalue weighted by Crippen LogP contribution is -2.19.